The predicted molar refractivity (Wildman–Crippen MR) is 45.9 cm³/mol. The second-order valence-electron chi connectivity index (χ2n) is 2.65. The van der Waals surface area contributed by atoms with Crippen LogP contribution in [-0.2, 0) is 0 Å². The predicted octanol–water partition coefficient (Wildman–Crippen LogP) is 0.913. The summed E-state index contributed by atoms with van der Waals surface area (Å²) in [6, 6.07) is 2.12. The van der Waals surface area contributed by atoms with Gasteiger partial charge in [0, 0.05) is 12.4 Å². The SMILES string of the molecule is CC(c1cccnc1)N(O)C(N)=O. The highest BCUT2D eigenvalue weighted by atomic mass is 16.5. The van der Waals surface area contributed by atoms with Crippen LogP contribution in [0.4, 0.5) is 4.79 Å². The zero-order chi connectivity index (χ0) is 9.84. The molecule has 70 valence electrons. The van der Waals surface area contributed by atoms with E-state index in [1.807, 2.05) is 0 Å². The molecule has 0 fully saturated rings. The Balaban J connectivity index is 2.79. The van der Waals surface area contributed by atoms with Crippen molar-refractivity contribution in [3.05, 3.63) is 30.1 Å². The van der Waals surface area contributed by atoms with E-state index in [0.717, 1.165) is 5.56 Å². The molecule has 1 heterocycles. The van der Waals surface area contributed by atoms with Gasteiger partial charge < -0.3 is 5.73 Å². The van der Waals surface area contributed by atoms with E-state index in [9.17, 15) is 10.0 Å². The van der Waals surface area contributed by atoms with Crippen LogP contribution in [-0.4, -0.2) is 21.3 Å². The zero-order valence-corrected chi connectivity index (χ0v) is 7.21. The van der Waals surface area contributed by atoms with Crippen LogP contribution in [0, 0.1) is 0 Å². The van der Waals surface area contributed by atoms with Crippen LogP contribution in [0.3, 0.4) is 0 Å². The number of nitrogens with zero attached hydrogens (tertiary/aromatic N) is 2. The summed E-state index contributed by atoms with van der Waals surface area (Å²) in [4.78, 5) is 14.4. The van der Waals surface area contributed by atoms with Crippen LogP contribution >= 0.6 is 0 Å². The first kappa shape index (κ1) is 9.47. The topological polar surface area (TPSA) is 79.4 Å². The minimum Gasteiger partial charge on any atom is -0.350 e. The van der Waals surface area contributed by atoms with Gasteiger partial charge in [-0.15, -0.1) is 0 Å². The van der Waals surface area contributed by atoms with Crippen molar-refractivity contribution in [3.8, 4) is 0 Å². The molecule has 0 bridgehead atoms. The van der Waals surface area contributed by atoms with Crippen molar-refractivity contribution >= 4 is 6.03 Å². The molecule has 1 atom stereocenters. The van der Waals surface area contributed by atoms with Crippen molar-refractivity contribution in [1.82, 2.24) is 10.0 Å². The first-order valence-corrected chi connectivity index (χ1v) is 3.80. The number of carbonyl (C=O) groups is 1. The quantitative estimate of drug-likeness (QED) is 0.525. The maximum Gasteiger partial charge on any atom is 0.339 e. The van der Waals surface area contributed by atoms with E-state index in [4.69, 9.17) is 5.73 Å². The number of primary amides is 1. The molecule has 13 heavy (non-hydrogen) atoms. The van der Waals surface area contributed by atoms with Gasteiger partial charge in [-0.2, -0.15) is 5.06 Å². The number of amides is 2. The third-order valence-electron chi connectivity index (χ3n) is 1.76. The molecule has 0 aromatic carbocycles. The molecule has 1 unspecified atom stereocenters. The van der Waals surface area contributed by atoms with E-state index >= 15 is 0 Å². The number of urea groups is 1. The molecule has 0 aliphatic carbocycles. The highest BCUT2D eigenvalue weighted by Gasteiger charge is 2.16. The van der Waals surface area contributed by atoms with E-state index < -0.39 is 12.1 Å². The molecule has 1 aromatic heterocycles. The van der Waals surface area contributed by atoms with Crippen LogP contribution in [0.5, 0.6) is 0 Å². The zero-order valence-electron chi connectivity index (χ0n) is 7.21. The lowest BCUT2D eigenvalue weighted by Gasteiger charge is -2.20. The standard InChI is InChI=1S/C8H11N3O2/c1-6(11(13)8(9)12)7-3-2-4-10-5-7/h2-6,13H,1H3,(H2,9,12). The average Bonchev–Trinajstić information content (AvgIpc) is 2.17. The summed E-state index contributed by atoms with van der Waals surface area (Å²) < 4.78 is 0. The summed E-state index contributed by atoms with van der Waals surface area (Å²) in [6.07, 6.45) is 3.18. The van der Waals surface area contributed by atoms with Crippen molar-refractivity contribution in [2.75, 3.05) is 0 Å². The Hall–Kier alpha value is -1.62. The van der Waals surface area contributed by atoms with E-state index in [1.54, 1.807) is 31.5 Å². The van der Waals surface area contributed by atoms with Gasteiger partial charge in [0.25, 0.3) is 0 Å². The lowest BCUT2D eigenvalue weighted by atomic mass is 10.1. The van der Waals surface area contributed by atoms with Crippen molar-refractivity contribution in [1.29, 1.82) is 0 Å². The van der Waals surface area contributed by atoms with Gasteiger partial charge in [-0.1, -0.05) is 6.07 Å². The van der Waals surface area contributed by atoms with Crippen molar-refractivity contribution in [2.45, 2.75) is 13.0 Å². The Bertz CT molecular complexity index is 289. The molecule has 0 saturated heterocycles. The number of aromatic nitrogens is 1. The molecule has 0 saturated carbocycles. The Morgan fingerprint density at radius 1 is 1.77 bits per heavy atom. The Morgan fingerprint density at radius 2 is 2.46 bits per heavy atom. The van der Waals surface area contributed by atoms with Crippen molar-refractivity contribution < 1.29 is 10.0 Å². The van der Waals surface area contributed by atoms with Crippen LogP contribution in [0.15, 0.2) is 24.5 Å². The number of rotatable bonds is 2. The molecular formula is C8H11N3O2. The number of hydrogen-bond acceptors (Lipinski definition) is 3. The molecule has 2 amide bonds. The van der Waals surface area contributed by atoms with Gasteiger partial charge >= 0.3 is 6.03 Å². The number of pyridine rings is 1. The van der Waals surface area contributed by atoms with Gasteiger partial charge in [-0.25, -0.2) is 4.79 Å². The van der Waals surface area contributed by atoms with Crippen molar-refractivity contribution in [2.24, 2.45) is 5.73 Å². The summed E-state index contributed by atoms with van der Waals surface area (Å²) in [5.41, 5.74) is 5.62. The number of hydrogen-bond donors (Lipinski definition) is 2. The van der Waals surface area contributed by atoms with Crippen LogP contribution < -0.4 is 5.73 Å². The van der Waals surface area contributed by atoms with Crippen LogP contribution in [0.2, 0.25) is 0 Å². The third kappa shape index (κ3) is 2.16. The third-order valence-corrected chi connectivity index (χ3v) is 1.76. The highest BCUT2D eigenvalue weighted by molar-refractivity contribution is 5.71. The van der Waals surface area contributed by atoms with Gasteiger partial charge in [-0.05, 0) is 18.6 Å². The molecule has 5 heteroatoms. The normalized spacial score (nSPS) is 12.2. The maximum absolute atomic E-state index is 10.6. The second-order valence-corrected chi connectivity index (χ2v) is 2.65. The van der Waals surface area contributed by atoms with Gasteiger partial charge in [0.05, 0.1) is 6.04 Å². The van der Waals surface area contributed by atoms with E-state index in [2.05, 4.69) is 4.98 Å². The monoisotopic (exact) mass is 181 g/mol. The summed E-state index contributed by atoms with van der Waals surface area (Å²) in [5.74, 6) is 0. The van der Waals surface area contributed by atoms with Gasteiger partial charge in [0.1, 0.15) is 0 Å². The first-order valence-electron chi connectivity index (χ1n) is 3.80. The second kappa shape index (κ2) is 3.86. The number of hydroxylamine groups is 2. The molecule has 1 rings (SSSR count). The fourth-order valence-corrected chi connectivity index (χ4v) is 0.955. The lowest BCUT2D eigenvalue weighted by molar-refractivity contribution is -0.0710. The molecule has 1 aromatic rings. The van der Waals surface area contributed by atoms with Crippen LogP contribution in [0.25, 0.3) is 0 Å². The van der Waals surface area contributed by atoms with E-state index in [1.165, 1.54) is 0 Å². The summed E-state index contributed by atoms with van der Waals surface area (Å²) in [7, 11) is 0. The molecule has 3 N–H and O–H groups in total. The highest BCUT2D eigenvalue weighted by Crippen LogP contribution is 2.15. The molecule has 0 aliphatic rings. The lowest BCUT2D eigenvalue weighted by Crippen LogP contribution is -2.34. The fraction of sp³-hybridized carbons (Fsp3) is 0.250. The molecule has 0 spiro atoms. The first-order chi connectivity index (χ1) is 6.13. The Kier molecular flexibility index (Phi) is 2.81. The summed E-state index contributed by atoms with van der Waals surface area (Å²) in [5, 5.41) is 9.65. The average molecular weight is 181 g/mol. The molecular weight excluding hydrogens is 170 g/mol. The summed E-state index contributed by atoms with van der Waals surface area (Å²) in [6.45, 7) is 1.65. The van der Waals surface area contributed by atoms with Crippen LogP contribution in [0.1, 0.15) is 18.5 Å². The van der Waals surface area contributed by atoms with Gasteiger partial charge in [0.15, 0.2) is 0 Å². The Labute approximate surface area is 75.8 Å². The molecule has 0 aliphatic heterocycles. The number of carbonyl (C=O) groups excluding carboxylic acids is 1. The molecule has 0 radical (unpaired) electrons. The maximum atomic E-state index is 10.6. The van der Waals surface area contributed by atoms with E-state index in [-0.39, 0.29) is 0 Å². The number of nitrogens with two attached hydrogens (primary N) is 1. The van der Waals surface area contributed by atoms with Gasteiger partial charge in [-0.3, -0.25) is 10.2 Å². The minimum absolute atomic E-state index is 0.469. The fourth-order valence-electron chi connectivity index (χ4n) is 0.955. The largest absolute Gasteiger partial charge is 0.350 e. The Morgan fingerprint density at radius 3 is 2.92 bits per heavy atom. The summed E-state index contributed by atoms with van der Waals surface area (Å²) >= 11 is 0. The van der Waals surface area contributed by atoms with Crippen molar-refractivity contribution in [3.63, 3.8) is 0 Å². The minimum atomic E-state index is -0.878. The molecule has 5 nitrogen and oxygen atoms in total. The van der Waals surface area contributed by atoms with E-state index in [0.29, 0.717) is 5.06 Å². The smallest absolute Gasteiger partial charge is 0.339 e. The van der Waals surface area contributed by atoms with Gasteiger partial charge in [0.2, 0.25) is 0 Å².